The fourth-order valence-corrected chi connectivity index (χ4v) is 4.51. The van der Waals surface area contributed by atoms with Crippen LogP contribution in [0, 0.1) is 17.3 Å². The van der Waals surface area contributed by atoms with Gasteiger partial charge in [-0.25, -0.2) is 0 Å². The molecular formula is C17H31NO. The second kappa shape index (κ2) is 5.04. The predicted molar refractivity (Wildman–Crippen MR) is 79.0 cm³/mol. The smallest absolute Gasteiger partial charge is 0.0685 e. The molecule has 2 atom stereocenters. The van der Waals surface area contributed by atoms with Crippen molar-refractivity contribution >= 4 is 0 Å². The standard InChI is InChI=1S/C17H31NO/c1-16(2)9-4-13(5-10-16)15(18)14-6-11-19-17(12-14)7-3-8-17/h13-15H,3-12,18H2,1-2H3. The van der Waals surface area contributed by atoms with Crippen LogP contribution in [-0.2, 0) is 4.74 Å². The molecule has 2 heteroatoms. The van der Waals surface area contributed by atoms with E-state index >= 15 is 0 Å². The monoisotopic (exact) mass is 265 g/mol. The molecule has 2 unspecified atom stereocenters. The van der Waals surface area contributed by atoms with Crippen LogP contribution in [0.2, 0.25) is 0 Å². The molecular weight excluding hydrogens is 234 g/mol. The Labute approximate surface area is 118 Å². The van der Waals surface area contributed by atoms with Gasteiger partial charge in [-0.2, -0.15) is 0 Å². The highest BCUT2D eigenvalue weighted by Crippen LogP contribution is 2.47. The number of hydrogen-bond donors (Lipinski definition) is 1. The number of ether oxygens (including phenoxy) is 1. The third-order valence-electron chi connectivity index (χ3n) is 6.27. The van der Waals surface area contributed by atoms with E-state index in [1.807, 2.05) is 0 Å². The highest BCUT2D eigenvalue weighted by molar-refractivity contribution is 4.98. The van der Waals surface area contributed by atoms with E-state index in [-0.39, 0.29) is 5.60 Å². The maximum atomic E-state index is 6.66. The second-order valence-electron chi connectivity index (χ2n) is 8.22. The molecule has 0 radical (unpaired) electrons. The van der Waals surface area contributed by atoms with Gasteiger partial charge in [0.1, 0.15) is 0 Å². The van der Waals surface area contributed by atoms with Crippen LogP contribution < -0.4 is 5.73 Å². The topological polar surface area (TPSA) is 35.2 Å². The zero-order valence-electron chi connectivity index (χ0n) is 12.8. The minimum Gasteiger partial charge on any atom is -0.375 e. The van der Waals surface area contributed by atoms with Gasteiger partial charge in [0.25, 0.3) is 0 Å². The highest BCUT2D eigenvalue weighted by atomic mass is 16.5. The Morgan fingerprint density at radius 3 is 2.26 bits per heavy atom. The normalized spacial score (nSPS) is 35.8. The molecule has 3 aliphatic rings. The summed E-state index contributed by atoms with van der Waals surface area (Å²) in [7, 11) is 0. The van der Waals surface area contributed by atoms with Crippen LogP contribution in [0.15, 0.2) is 0 Å². The largest absolute Gasteiger partial charge is 0.375 e. The van der Waals surface area contributed by atoms with E-state index in [9.17, 15) is 0 Å². The Kier molecular flexibility index (Phi) is 3.68. The van der Waals surface area contributed by atoms with E-state index in [4.69, 9.17) is 10.5 Å². The molecule has 110 valence electrons. The van der Waals surface area contributed by atoms with Gasteiger partial charge < -0.3 is 10.5 Å². The predicted octanol–water partition coefficient (Wildman–Crippen LogP) is 3.88. The van der Waals surface area contributed by atoms with Crippen LogP contribution in [0.3, 0.4) is 0 Å². The van der Waals surface area contributed by atoms with E-state index in [0.717, 1.165) is 18.4 Å². The van der Waals surface area contributed by atoms with Gasteiger partial charge in [0.05, 0.1) is 5.60 Å². The Morgan fingerprint density at radius 2 is 1.68 bits per heavy atom. The summed E-state index contributed by atoms with van der Waals surface area (Å²) in [4.78, 5) is 0. The lowest BCUT2D eigenvalue weighted by Crippen LogP contribution is -2.51. The first-order valence-corrected chi connectivity index (χ1v) is 8.39. The summed E-state index contributed by atoms with van der Waals surface area (Å²) in [6.45, 7) is 5.77. The molecule has 0 amide bonds. The molecule has 2 aliphatic carbocycles. The lowest BCUT2D eigenvalue weighted by Gasteiger charge is -2.50. The molecule has 2 N–H and O–H groups in total. The maximum absolute atomic E-state index is 6.66. The molecule has 2 nitrogen and oxygen atoms in total. The minimum absolute atomic E-state index is 0.258. The molecule has 0 bridgehead atoms. The first-order chi connectivity index (χ1) is 9.00. The van der Waals surface area contributed by atoms with Gasteiger partial charge in [0.2, 0.25) is 0 Å². The summed E-state index contributed by atoms with van der Waals surface area (Å²) < 4.78 is 6.05. The van der Waals surface area contributed by atoms with E-state index < -0.39 is 0 Å². The number of nitrogens with two attached hydrogens (primary N) is 1. The molecule has 2 saturated carbocycles. The molecule has 3 fully saturated rings. The first-order valence-electron chi connectivity index (χ1n) is 8.39. The van der Waals surface area contributed by atoms with E-state index in [1.165, 1.54) is 57.8 Å². The number of hydrogen-bond acceptors (Lipinski definition) is 2. The molecule has 1 aliphatic heterocycles. The molecule has 19 heavy (non-hydrogen) atoms. The number of rotatable bonds is 2. The summed E-state index contributed by atoms with van der Waals surface area (Å²) in [6.07, 6.45) is 11.8. The van der Waals surface area contributed by atoms with Crippen molar-refractivity contribution < 1.29 is 4.74 Å². The van der Waals surface area contributed by atoms with Crippen molar-refractivity contribution in [3.8, 4) is 0 Å². The molecule has 0 aromatic rings. The highest BCUT2D eigenvalue weighted by Gasteiger charge is 2.45. The fourth-order valence-electron chi connectivity index (χ4n) is 4.51. The van der Waals surface area contributed by atoms with Crippen LogP contribution in [0.4, 0.5) is 0 Å². The third-order valence-corrected chi connectivity index (χ3v) is 6.27. The van der Waals surface area contributed by atoms with E-state index in [0.29, 0.717) is 11.5 Å². The third kappa shape index (κ3) is 2.85. The van der Waals surface area contributed by atoms with Gasteiger partial charge in [-0.05, 0) is 75.0 Å². The SMILES string of the molecule is CC1(C)CCC(C(N)C2CCOC3(CCC3)C2)CC1. The zero-order valence-corrected chi connectivity index (χ0v) is 12.8. The van der Waals surface area contributed by atoms with Crippen LogP contribution in [0.25, 0.3) is 0 Å². The summed E-state index contributed by atoms with van der Waals surface area (Å²) in [5.41, 5.74) is 7.47. The van der Waals surface area contributed by atoms with Gasteiger partial charge in [-0.3, -0.25) is 0 Å². The van der Waals surface area contributed by atoms with Crippen molar-refractivity contribution in [2.24, 2.45) is 23.0 Å². The summed E-state index contributed by atoms with van der Waals surface area (Å²) in [5, 5.41) is 0. The molecule has 1 heterocycles. The lowest BCUT2D eigenvalue weighted by molar-refractivity contribution is -0.148. The van der Waals surface area contributed by atoms with Crippen molar-refractivity contribution in [3.63, 3.8) is 0 Å². The average molecular weight is 265 g/mol. The fraction of sp³-hybridized carbons (Fsp3) is 1.00. The van der Waals surface area contributed by atoms with Crippen molar-refractivity contribution in [2.75, 3.05) is 6.61 Å². The summed E-state index contributed by atoms with van der Waals surface area (Å²) in [6, 6.07) is 0.428. The maximum Gasteiger partial charge on any atom is 0.0685 e. The summed E-state index contributed by atoms with van der Waals surface area (Å²) in [5.74, 6) is 1.49. The molecule has 1 saturated heterocycles. The Morgan fingerprint density at radius 1 is 1.00 bits per heavy atom. The quantitative estimate of drug-likeness (QED) is 0.822. The van der Waals surface area contributed by atoms with E-state index in [2.05, 4.69) is 13.8 Å². The van der Waals surface area contributed by atoms with Crippen molar-refractivity contribution in [2.45, 2.75) is 83.3 Å². The van der Waals surface area contributed by atoms with Crippen LogP contribution in [-0.4, -0.2) is 18.2 Å². The second-order valence-corrected chi connectivity index (χ2v) is 8.22. The average Bonchev–Trinajstić information content (AvgIpc) is 2.36. The van der Waals surface area contributed by atoms with Crippen LogP contribution >= 0.6 is 0 Å². The van der Waals surface area contributed by atoms with Crippen molar-refractivity contribution in [1.29, 1.82) is 0 Å². The Balaban J connectivity index is 1.56. The van der Waals surface area contributed by atoms with Crippen molar-refractivity contribution in [3.05, 3.63) is 0 Å². The Hall–Kier alpha value is -0.0800. The van der Waals surface area contributed by atoms with Gasteiger partial charge >= 0.3 is 0 Å². The minimum atomic E-state index is 0.258. The summed E-state index contributed by atoms with van der Waals surface area (Å²) >= 11 is 0. The van der Waals surface area contributed by atoms with Crippen molar-refractivity contribution in [1.82, 2.24) is 0 Å². The molecule has 0 aromatic carbocycles. The van der Waals surface area contributed by atoms with Crippen LogP contribution in [0.5, 0.6) is 0 Å². The van der Waals surface area contributed by atoms with Gasteiger partial charge in [-0.1, -0.05) is 13.8 Å². The molecule has 0 aromatic heterocycles. The first kappa shape index (κ1) is 13.9. The van der Waals surface area contributed by atoms with Crippen LogP contribution in [0.1, 0.15) is 71.6 Å². The zero-order chi connectivity index (χ0) is 13.5. The Bertz CT molecular complexity index is 311. The lowest BCUT2D eigenvalue weighted by atomic mass is 9.65. The van der Waals surface area contributed by atoms with Gasteiger partial charge in [0.15, 0.2) is 0 Å². The van der Waals surface area contributed by atoms with Gasteiger partial charge in [-0.15, -0.1) is 0 Å². The molecule has 3 rings (SSSR count). The van der Waals surface area contributed by atoms with Gasteiger partial charge in [0, 0.05) is 12.6 Å². The van der Waals surface area contributed by atoms with E-state index in [1.54, 1.807) is 0 Å². The molecule has 1 spiro atoms.